The Bertz CT molecular complexity index is 391. The minimum atomic E-state index is -0.673. The molecule has 0 aromatic heterocycles. The lowest BCUT2D eigenvalue weighted by molar-refractivity contribution is -0.125. The molecule has 0 unspecified atom stereocenters. The number of benzene rings is 1. The number of amides is 1. The molecule has 0 radical (unpaired) electrons. The van der Waals surface area contributed by atoms with Crippen LogP contribution in [0.1, 0.15) is 25.8 Å². The summed E-state index contributed by atoms with van der Waals surface area (Å²) in [4.78, 5) is 12.0. The van der Waals surface area contributed by atoms with Crippen molar-refractivity contribution in [2.75, 3.05) is 13.2 Å². The van der Waals surface area contributed by atoms with E-state index in [4.69, 9.17) is 16.7 Å². The zero-order valence-electron chi connectivity index (χ0n) is 10.2. The molecule has 4 heteroatoms. The van der Waals surface area contributed by atoms with Crippen molar-refractivity contribution in [3.05, 3.63) is 34.9 Å². The molecule has 0 aliphatic heterocycles. The highest BCUT2D eigenvalue weighted by Crippen LogP contribution is 2.29. The van der Waals surface area contributed by atoms with Crippen LogP contribution >= 0.6 is 11.6 Å². The lowest BCUT2D eigenvalue weighted by Crippen LogP contribution is -2.40. The van der Waals surface area contributed by atoms with Crippen molar-refractivity contribution in [2.45, 2.75) is 25.7 Å². The minimum Gasteiger partial charge on any atom is -0.396 e. The van der Waals surface area contributed by atoms with Crippen molar-refractivity contribution >= 4 is 17.5 Å². The van der Waals surface area contributed by atoms with Gasteiger partial charge in [0.05, 0.1) is 5.41 Å². The fraction of sp³-hybridized carbons (Fsp3) is 0.462. The molecule has 0 heterocycles. The molecule has 1 rings (SSSR count). The molecule has 0 saturated heterocycles. The Hall–Kier alpha value is -1.06. The Labute approximate surface area is 107 Å². The van der Waals surface area contributed by atoms with Gasteiger partial charge in [-0.25, -0.2) is 0 Å². The Morgan fingerprint density at radius 2 is 2.06 bits per heavy atom. The topological polar surface area (TPSA) is 49.3 Å². The van der Waals surface area contributed by atoms with E-state index in [2.05, 4.69) is 5.32 Å². The molecule has 0 aliphatic carbocycles. The van der Waals surface area contributed by atoms with Crippen molar-refractivity contribution in [1.29, 1.82) is 0 Å². The average Bonchev–Trinajstić information content (AvgIpc) is 2.29. The molecular formula is C13H18ClNO2. The average molecular weight is 256 g/mol. The van der Waals surface area contributed by atoms with Crippen LogP contribution in [0.4, 0.5) is 0 Å². The fourth-order valence-corrected chi connectivity index (χ4v) is 1.96. The molecule has 0 fully saturated rings. The third-order valence-corrected chi connectivity index (χ3v) is 3.06. The molecule has 17 heavy (non-hydrogen) atoms. The van der Waals surface area contributed by atoms with E-state index in [9.17, 15) is 4.79 Å². The maximum Gasteiger partial charge on any atom is 0.230 e. The van der Waals surface area contributed by atoms with Crippen LogP contribution in [0.2, 0.25) is 5.02 Å². The van der Waals surface area contributed by atoms with Crippen LogP contribution < -0.4 is 5.32 Å². The van der Waals surface area contributed by atoms with Gasteiger partial charge < -0.3 is 10.4 Å². The summed E-state index contributed by atoms with van der Waals surface area (Å²) in [5.74, 6) is -0.0842. The van der Waals surface area contributed by atoms with Crippen LogP contribution in [0.15, 0.2) is 24.3 Å². The first-order chi connectivity index (χ1) is 8.00. The molecule has 1 amide bonds. The predicted octanol–water partition coefficient (Wildman–Crippen LogP) is 2.12. The highest BCUT2D eigenvalue weighted by atomic mass is 35.5. The largest absolute Gasteiger partial charge is 0.396 e. The molecule has 0 spiro atoms. The monoisotopic (exact) mass is 255 g/mol. The van der Waals surface area contributed by atoms with Gasteiger partial charge in [0.15, 0.2) is 0 Å². The zero-order chi connectivity index (χ0) is 12.9. The highest BCUT2D eigenvalue weighted by Gasteiger charge is 2.31. The van der Waals surface area contributed by atoms with Gasteiger partial charge in [-0.15, -0.1) is 0 Å². The Morgan fingerprint density at radius 3 is 2.65 bits per heavy atom. The standard InChI is InChI=1S/C13H18ClNO2/c1-13(2,12(17)15-8-5-9-16)10-6-3-4-7-11(10)14/h3-4,6-7,16H,5,8-9H2,1-2H3,(H,15,17). The number of halogens is 1. The molecule has 94 valence electrons. The fourth-order valence-electron chi connectivity index (χ4n) is 1.59. The lowest BCUT2D eigenvalue weighted by Gasteiger charge is -2.25. The van der Waals surface area contributed by atoms with E-state index in [-0.39, 0.29) is 12.5 Å². The SMILES string of the molecule is CC(C)(C(=O)NCCCO)c1ccccc1Cl. The number of rotatable bonds is 5. The number of carbonyl (C=O) groups excluding carboxylic acids is 1. The molecule has 0 bridgehead atoms. The second-order valence-electron chi connectivity index (χ2n) is 4.44. The van der Waals surface area contributed by atoms with Gasteiger partial charge in [-0.1, -0.05) is 29.8 Å². The lowest BCUT2D eigenvalue weighted by atomic mass is 9.83. The second kappa shape index (κ2) is 6.03. The highest BCUT2D eigenvalue weighted by molar-refractivity contribution is 6.31. The van der Waals surface area contributed by atoms with Gasteiger partial charge >= 0.3 is 0 Å². The smallest absolute Gasteiger partial charge is 0.230 e. The van der Waals surface area contributed by atoms with Gasteiger partial charge in [-0.05, 0) is 31.9 Å². The van der Waals surface area contributed by atoms with E-state index >= 15 is 0 Å². The number of hydrogen-bond donors (Lipinski definition) is 2. The molecule has 2 N–H and O–H groups in total. The zero-order valence-corrected chi connectivity index (χ0v) is 10.9. The van der Waals surface area contributed by atoms with Crippen LogP contribution in [0.25, 0.3) is 0 Å². The van der Waals surface area contributed by atoms with E-state index in [0.717, 1.165) is 5.56 Å². The third-order valence-electron chi connectivity index (χ3n) is 2.74. The third kappa shape index (κ3) is 3.45. The van der Waals surface area contributed by atoms with Crippen LogP contribution in [0.3, 0.4) is 0 Å². The molecular weight excluding hydrogens is 238 g/mol. The molecule has 3 nitrogen and oxygen atoms in total. The summed E-state index contributed by atoms with van der Waals surface area (Å²) in [7, 11) is 0. The van der Waals surface area contributed by atoms with Crippen molar-refractivity contribution < 1.29 is 9.90 Å². The van der Waals surface area contributed by atoms with Gasteiger partial charge in [0.25, 0.3) is 0 Å². The van der Waals surface area contributed by atoms with Crippen molar-refractivity contribution in [1.82, 2.24) is 5.32 Å². The summed E-state index contributed by atoms with van der Waals surface area (Å²) in [5, 5.41) is 12.1. The van der Waals surface area contributed by atoms with Gasteiger partial charge in [-0.2, -0.15) is 0 Å². The summed E-state index contributed by atoms with van der Waals surface area (Å²) < 4.78 is 0. The van der Waals surface area contributed by atoms with Gasteiger partial charge in [0.2, 0.25) is 5.91 Å². The van der Waals surface area contributed by atoms with Crippen molar-refractivity contribution in [2.24, 2.45) is 0 Å². The van der Waals surface area contributed by atoms with Gasteiger partial charge in [0, 0.05) is 18.2 Å². The normalized spacial score (nSPS) is 11.3. The maximum atomic E-state index is 12.0. The number of hydrogen-bond acceptors (Lipinski definition) is 2. The molecule has 0 aliphatic rings. The van der Waals surface area contributed by atoms with E-state index in [1.807, 2.05) is 32.0 Å². The molecule has 0 atom stereocenters. The molecule has 1 aromatic carbocycles. The molecule has 0 saturated carbocycles. The minimum absolute atomic E-state index is 0.0762. The van der Waals surface area contributed by atoms with Gasteiger partial charge in [0.1, 0.15) is 0 Å². The second-order valence-corrected chi connectivity index (χ2v) is 4.85. The van der Waals surface area contributed by atoms with Crippen LogP contribution in [0.5, 0.6) is 0 Å². The van der Waals surface area contributed by atoms with E-state index in [0.29, 0.717) is 18.0 Å². The summed E-state index contributed by atoms with van der Waals surface area (Å²) in [6.07, 6.45) is 0.560. The quantitative estimate of drug-likeness (QED) is 0.792. The number of nitrogens with one attached hydrogen (secondary N) is 1. The van der Waals surface area contributed by atoms with Crippen LogP contribution in [-0.4, -0.2) is 24.2 Å². The Morgan fingerprint density at radius 1 is 1.41 bits per heavy atom. The van der Waals surface area contributed by atoms with E-state index < -0.39 is 5.41 Å². The summed E-state index contributed by atoms with van der Waals surface area (Å²) in [6.45, 7) is 4.22. The molecule has 1 aromatic rings. The predicted molar refractivity (Wildman–Crippen MR) is 69.2 cm³/mol. The maximum absolute atomic E-state index is 12.0. The van der Waals surface area contributed by atoms with Crippen LogP contribution in [-0.2, 0) is 10.2 Å². The van der Waals surface area contributed by atoms with Crippen molar-refractivity contribution in [3.8, 4) is 0 Å². The number of aliphatic hydroxyl groups is 1. The first kappa shape index (κ1) is 14.0. The first-order valence-corrected chi connectivity index (χ1v) is 6.02. The van der Waals surface area contributed by atoms with Crippen LogP contribution in [0, 0.1) is 0 Å². The van der Waals surface area contributed by atoms with Crippen molar-refractivity contribution in [3.63, 3.8) is 0 Å². The van der Waals surface area contributed by atoms with Gasteiger partial charge in [-0.3, -0.25) is 4.79 Å². The summed E-state index contributed by atoms with van der Waals surface area (Å²) in [5.41, 5.74) is 0.136. The number of carbonyl (C=O) groups is 1. The Kier molecular flexibility index (Phi) is 4.97. The van der Waals surface area contributed by atoms with E-state index in [1.54, 1.807) is 6.07 Å². The summed E-state index contributed by atoms with van der Waals surface area (Å²) in [6, 6.07) is 7.34. The van der Waals surface area contributed by atoms with E-state index in [1.165, 1.54) is 0 Å². The summed E-state index contributed by atoms with van der Waals surface area (Å²) >= 11 is 6.09. The number of aliphatic hydroxyl groups excluding tert-OH is 1. The first-order valence-electron chi connectivity index (χ1n) is 5.64. The Balaban J connectivity index is 2.80.